The lowest BCUT2D eigenvalue weighted by molar-refractivity contribution is -0.106. The van der Waals surface area contributed by atoms with Crippen molar-refractivity contribution in [1.29, 1.82) is 0 Å². The minimum Gasteiger partial charge on any atom is -0.467 e. The van der Waals surface area contributed by atoms with E-state index in [1.54, 1.807) is 18.4 Å². The first-order chi connectivity index (χ1) is 11.0. The number of ether oxygens (including phenoxy) is 1. The van der Waals surface area contributed by atoms with Crippen molar-refractivity contribution < 1.29 is 14.3 Å². The molecule has 4 atom stereocenters. The van der Waals surface area contributed by atoms with Crippen molar-refractivity contribution in [1.82, 2.24) is 10.6 Å². The molecule has 1 saturated heterocycles. The average Bonchev–Trinajstić information content (AvgIpc) is 3.19. The van der Waals surface area contributed by atoms with Crippen LogP contribution < -0.4 is 10.6 Å². The van der Waals surface area contributed by atoms with Crippen LogP contribution in [-0.2, 0) is 4.74 Å². The molecule has 2 aliphatic rings. The fourth-order valence-electron chi connectivity index (χ4n) is 3.83. The van der Waals surface area contributed by atoms with Gasteiger partial charge in [0.25, 0.3) is 0 Å². The standard InChI is InChI=1S/C17H27N3O3/c1-4-18-16(19-10-12(21)13-6-5-8-22-13)20-14-11-7-9-23-15(11)17(14,2)3/h5-6,8,11-12,14-15,21H,4,7,9-10H2,1-3H3,(H2,18,19,20). The summed E-state index contributed by atoms with van der Waals surface area (Å²) in [4.78, 5) is 4.51. The smallest absolute Gasteiger partial charge is 0.191 e. The first-order valence-electron chi connectivity index (χ1n) is 8.42. The summed E-state index contributed by atoms with van der Waals surface area (Å²) in [7, 11) is 0. The Labute approximate surface area is 137 Å². The zero-order valence-electron chi connectivity index (χ0n) is 14.1. The minimum absolute atomic E-state index is 0.0942. The van der Waals surface area contributed by atoms with Gasteiger partial charge in [-0.3, -0.25) is 4.99 Å². The van der Waals surface area contributed by atoms with Crippen LogP contribution in [0.5, 0.6) is 0 Å². The van der Waals surface area contributed by atoms with Crippen molar-refractivity contribution in [3.05, 3.63) is 24.2 Å². The second kappa shape index (κ2) is 6.53. The fraction of sp³-hybridized carbons (Fsp3) is 0.706. The van der Waals surface area contributed by atoms with E-state index in [9.17, 15) is 5.11 Å². The molecule has 3 rings (SSSR count). The van der Waals surface area contributed by atoms with Crippen LogP contribution in [0.1, 0.15) is 39.1 Å². The maximum atomic E-state index is 10.1. The van der Waals surface area contributed by atoms with Gasteiger partial charge in [0.2, 0.25) is 0 Å². The van der Waals surface area contributed by atoms with Crippen molar-refractivity contribution in [2.75, 3.05) is 19.7 Å². The number of rotatable bonds is 5. The Kier molecular flexibility index (Phi) is 4.64. The Bertz CT molecular complexity index is 541. The molecule has 1 aliphatic heterocycles. The number of nitrogens with zero attached hydrogens (tertiary/aromatic N) is 1. The van der Waals surface area contributed by atoms with Crippen LogP contribution >= 0.6 is 0 Å². The molecule has 3 N–H and O–H groups in total. The summed E-state index contributed by atoms with van der Waals surface area (Å²) in [5.41, 5.74) is 0.0942. The molecule has 1 aliphatic carbocycles. The predicted octanol–water partition coefficient (Wildman–Crippen LogP) is 1.68. The van der Waals surface area contributed by atoms with Gasteiger partial charge in [-0.1, -0.05) is 13.8 Å². The molecular formula is C17H27N3O3. The molecule has 2 heterocycles. The number of guanidine groups is 1. The van der Waals surface area contributed by atoms with Gasteiger partial charge in [-0.2, -0.15) is 0 Å². The quantitative estimate of drug-likeness (QED) is 0.568. The van der Waals surface area contributed by atoms with Gasteiger partial charge in [-0.15, -0.1) is 0 Å². The van der Waals surface area contributed by atoms with Crippen LogP contribution in [0.25, 0.3) is 0 Å². The topological polar surface area (TPSA) is 79.0 Å². The van der Waals surface area contributed by atoms with Gasteiger partial charge < -0.3 is 24.9 Å². The molecule has 1 aromatic rings. The van der Waals surface area contributed by atoms with E-state index in [1.165, 1.54) is 0 Å². The number of aliphatic hydroxyl groups is 1. The fourth-order valence-corrected chi connectivity index (χ4v) is 3.83. The number of fused-ring (bicyclic) bond motifs is 1. The van der Waals surface area contributed by atoms with Crippen LogP contribution in [0.4, 0.5) is 0 Å². The lowest BCUT2D eigenvalue weighted by Crippen LogP contribution is -2.68. The number of aliphatic hydroxyl groups excluding tert-OH is 1. The zero-order valence-corrected chi connectivity index (χ0v) is 14.1. The van der Waals surface area contributed by atoms with Crippen LogP contribution in [0.15, 0.2) is 27.8 Å². The summed E-state index contributed by atoms with van der Waals surface area (Å²) in [6.07, 6.45) is 2.28. The van der Waals surface area contributed by atoms with E-state index in [0.29, 0.717) is 23.8 Å². The highest BCUT2D eigenvalue weighted by atomic mass is 16.5. The normalized spacial score (nSPS) is 30.4. The van der Waals surface area contributed by atoms with Gasteiger partial charge >= 0.3 is 0 Å². The molecule has 2 fully saturated rings. The van der Waals surface area contributed by atoms with E-state index in [1.807, 2.05) is 6.92 Å². The molecule has 0 bridgehead atoms. The highest BCUT2D eigenvalue weighted by Crippen LogP contribution is 2.52. The molecule has 6 nitrogen and oxygen atoms in total. The van der Waals surface area contributed by atoms with Crippen LogP contribution in [0, 0.1) is 11.3 Å². The summed E-state index contributed by atoms with van der Waals surface area (Å²) >= 11 is 0. The average molecular weight is 321 g/mol. The molecule has 23 heavy (non-hydrogen) atoms. The van der Waals surface area contributed by atoms with E-state index in [4.69, 9.17) is 9.15 Å². The maximum absolute atomic E-state index is 10.1. The monoisotopic (exact) mass is 321 g/mol. The molecule has 0 radical (unpaired) electrons. The molecule has 1 aromatic heterocycles. The maximum Gasteiger partial charge on any atom is 0.191 e. The molecule has 4 unspecified atom stereocenters. The molecule has 128 valence electrons. The Hall–Kier alpha value is -1.53. The molecule has 0 amide bonds. The van der Waals surface area contributed by atoms with E-state index in [-0.39, 0.29) is 12.0 Å². The summed E-state index contributed by atoms with van der Waals surface area (Å²) in [5.74, 6) is 1.82. The molecule has 1 saturated carbocycles. The van der Waals surface area contributed by atoms with Gasteiger partial charge in [0.15, 0.2) is 5.96 Å². The van der Waals surface area contributed by atoms with Gasteiger partial charge in [-0.25, -0.2) is 0 Å². The third-order valence-corrected chi connectivity index (χ3v) is 5.03. The Balaban J connectivity index is 1.63. The SMILES string of the molecule is CCNC(=NCC(O)c1ccco1)NC1C2CCOC2C1(C)C. The van der Waals surface area contributed by atoms with E-state index in [2.05, 4.69) is 29.5 Å². The van der Waals surface area contributed by atoms with E-state index in [0.717, 1.165) is 25.5 Å². The van der Waals surface area contributed by atoms with Crippen molar-refractivity contribution in [2.24, 2.45) is 16.3 Å². The van der Waals surface area contributed by atoms with E-state index >= 15 is 0 Å². The summed E-state index contributed by atoms with van der Waals surface area (Å²) < 4.78 is 11.0. The Morgan fingerprint density at radius 3 is 3.04 bits per heavy atom. The van der Waals surface area contributed by atoms with Crippen LogP contribution in [-0.4, -0.2) is 42.9 Å². The summed E-state index contributed by atoms with van der Waals surface area (Å²) in [6.45, 7) is 8.40. The van der Waals surface area contributed by atoms with Gasteiger partial charge in [0.05, 0.1) is 18.9 Å². The van der Waals surface area contributed by atoms with Crippen molar-refractivity contribution in [2.45, 2.75) is 45.4 Å². The predicted molar refractivity (Wildman–Crippen MR) is 88.2 cm³/mol. The van der Waals surface area contributed by atoms with E-state index < -0.39 is 6.10 Å². The van der Waals surface area contributed by atoms with Crippen molar-refractivity contribution >= 4 is 5.96 Å². The molecular weight excluding hydrogens is 294 g/mol. The molecule has 6 heteroatoms. The third kappa shape index (κ3) is 3.10. The van der Waals surface area contributed by atoms with Crippen molar-refractivity contribution in [3.8, 4) is 0 Å². The minimum atomic E-state index is -0.725. The highest BCUT2D eigenvalue weighted by Gasteiger charge is 2.59. The zero-order chi connectivity index (χ0) is 16.4. The molecule has 0 aromatic carbocycles. The summed E-state index contributed by atoms with van der Waals surface area (Å²) in [6, 6.07) is 3.87. The number of nitrogens with one attached hydrogen (secondary N) is 2. The lowest BCUT2D eigenvalue weighted by Gasteiger charge is -2.54. The van der Waals surface area contributed by atoms with Crippen LogP contribution in [0.3, 0.4) is 0 Å². The first-order valence-corrected chi connectivity index (χ1v) is 8.42. The van der Waals surface area contributed by atoms with Crippen molar-refractivity contribution in [3.63, 3.8) is 0 Å². The number of aliphatic imine (C=N–C) groups is 1. The highest BCUT2D eigenvalue weighted by molar-refractivity contribution is 5.80. The van der Waals surface area contributed by atoms with Gasteiger partial charge in [0, 0.05) is 30.5 Å². The number of hydrogen-bond donors (Lipinski definition) is 3. The summed E-state index contributed by atoms with van der Waals surface area (Å²) in [5, 5.41) is 16.9. The first kappa shape index (κ1) is 16.3. The van der Waals surface area contributed by atoms with Gasteiger partial charge in [-0.05, 0) is 25.5 Å². The number of furan rings is 1. The lowest BCUT2D eigenvalue weighted by atomic mass is 9.57. The van der Waals surface area contributed by atoms with Gasteiger partial charge in [0.1, 0.15) is 11.9 Å². The third-order valence-electron chi connectivity index (χ3n) is 5.03. The second-order valence-corrected chi connectivity index (χ2v) is 6.94. The number of hydrogen-bond acceptors (Lipinski definition) is 4. The molecule has 0 spiro atoms. The second-order valence-electron chi connectivity index (χ2n) is 6.94. The Morgan fingerprint density at radius 1 is 1.52 bits per heavy atom. The van der Waals surface area contributed by atoms with Crippen LogP contribution in [0.2, 0.25) is 0 Å². The largest absolute Gasteiger partial charge is 0.467 e. The Morgan fingerprint density at radius 2 is 2.35 bits per heavy atom.